The van der Waals surface area contributed by atoms with Crippen LogP contribution in [0, 0.1) is 0 Å². The number of carbonyl (C=O) groups is 2. The van der Waals surface area contributed by atoms with Crippen LogP contribution in [0.4, 0.5) is 0 Å². The summed E-state index contributed by atoms with van der Waals surface area (Å²) >= 11 is 3.32. The van der Waals surface area contributed by atoms with Gasteiger partial charge in [-0.05, 0) is 34.1 Å². The number of rotatable bonds is 9. The van der Waals surface area contributed by atoms with Crippen LogP contribution < -0.4 is 23.7 Å². The van der Waals surface area contributed by atoms with Gasteiger partial charge < -0.3 is 28.8 Å². The summed E-state index contributed by atoms with van der Waals surface area (Å²) in [5.74, 6) is -0.366. The largest absolute Gasteiger partial charge is 0.504 e. The van der Waals surface area contributed by atoms with Crippen LogP contribution in [0.25, 0.3) is 0 Å². The van der Waals surface area contributed by atoms with Gasteiger partial charge in [0.1, 0.15) is 0 Å². The van der Waals surface area contributed by atoms with E-state index in [1.54, 1.807) is 0 Å². The Labute approximate surface area is 176 Å². The molecule has 0 aliphatic rings. The molecule has 0 bridgehead atoms. The molecule has 156 valence electrons. The average Bonchev–Trinajstić information content (AvgIpc) is 2.72. The fourth-order valence-electron chi connectivity index (χ4n) is 2.80. The van der Waals surface area contributed by atoms with Gasteiger partial charge in [-0.25, -0.2) is 0 Å². The van der Waals surface area contributed by atoms with Crippen molar-refractivity contribution in [2.75, 3.05) is 35.5 Å². The van der Waals surface area contributed by atoms with Crippen LogP contribution in [0.2, 0.25) is 0 Å². The summed E-state index contributed by atoms with van der Waals surface area (Å²) in [5, 5.41) is 10.3. The fourth-order valence-corrected chi connectivity index (χ4v) is 3.47. The molecule has 0 saturated carbocycles. The van der Waals surface area contributed by atoms with Crippen LogP contribution in [-0.4, -0.2) is 52.2 Å². The predicted octanol–water partition coefficient (Wildman–Crippen LogP) is 3.65. The molecule has 2 rings (SSSR count). The number of hydrogen-bond acceptors (Lipinski definition) is 8. The summed E-state index contributed by atoms with van der Waals surface area (Å²) in [6, 6.07) is 4.30. The van der Waals surface area contributed by atoms with Gasteiger partial charge in [-0.2, -0.15) is 0 Å². The van der Waals surface area contributed by atoms with E-state index in [4.69, 9.17) is 23.7 Å². The highest BCUT2D eigenvalue weighted by Gasteiger charge is 2.26. The van der Waals surface area contributed by atoms with Crippen molar-refractivity contribution >= 4 is 27.5 Å². The monoisotopic (exact) mass is 468 g/mol. The molecule has 2 aromatic rings. The van der Waals surface area contributed by atoms with Gasteiger partial charge in [0.05, 0.1) is 52.0 Å². The number of hydrogen-bond donors (Lipinski definition) is 1. The molecule has 0 atom stereocenters. The zero-order valence-corrected chi connectivity index (χ0v) is 18.2. The first-order chi connectivity index (χ1) is 13.8. The van der Waals surface area contributed by atoms with Gasteiger partial charge >= 0.3 is 0 Å². The van der Waals surface area contributed by atoms with Crippen LogP contribution in [0.3, 0.4) is 0 Å². The molecular weight excluding hydrogens is 448 g/mol. The number of methoxy groups -OCH3 is 5. The molecule has 0 aromatic heterocycles. The summed E-state index contributed by atoms with van der Waals surface area (Å²) in [6.45, 7) is 0. The summed E-state index contributed by atoms with van der Waals surface area (Å²) < 4.78 is 26.3. The molecular formula is C20H21BrO8. The zero-order valence-electron chi connectivity index (χ0n) is 16.6. The van der Waals surface area contributed by atoms with Gasteiger partial charge in [-0.3, -0.25) is 9.59 Å². The SMILES string of the molecule is COc1ccc(C(=O)CC(=O)c2cc(OC)c(OC)c(OC)c2Br)c(O)c1OC. The molecule has 2 aromatic carbocycles. The Kier molecular flexibility index (Phi) is 7.33. The second-order valence-corrected chi connectivity index (χ2v) is 6.52. The molecule has 1 N–H and O–H groups in total. The van der Waals surface area contributed by atoms with Crippen molar-refractivity contribution in [1.29, 1.82) is 0 Å². The Morgan fingerprint density at radius 1 is 0.793 bits per heavy atom. The van der Waals surface area contributed by atoms with Crippen molar-refractivity contribution in [1.82, 2.24) is 0 Å². The smallest absolute Gasteiger partial charge is 0.204 e. The Hall–Kier alpha value is -2.94. The van der Waals surface area contributed by atoms with Crippen molar-refractivity contribution in [3.8, 4) is 34.5 Å². The highest BCUT2D eigenvalue weighted by molar-refractivity contribution is 9.10. The third kappa shape index (κ3) is 4.24. The van der Waals surface area contributed by atoms with E-state index < -0.39 is 23.7 Å². The number of halogens is 1. The van der Waals surface area contributed by atoms with Crippen molar-refractivity contribution in [2.45, 2.75) is 6.42 Å². The minimum atomic E-state index is -0.589. The molecule has 0 aliphatic carbocycles. The summed E-state index contributed by atoms with van der Waals surface area (Å²) in [5.41, 5.74) is 0.118. The normalized spacial score (nSPS) is 10.3. The van der Waals surface area contributed by atoms with Crippen molar-refractivity contribution in [3.63, 3.8) is 0 Å². The van der Waals surface area contributed by atoms with Gasteiger partial charge in [-0.15, -0.1) is 0 Å². The molecule has 0 saturated heterocycles. The topological polar surface area (TPSA) is 101 Å². The molecule has 0 aliphatic heterocycles. The molecule has 0 spiro atoms. The molecule has 0 heterocycles. The van der Waals surface area contributed by atoms with E-state index >= 15 is 0 Å². The van der Waals surface area contributed by atoms with Crippen LogP contribution in [0.15, 0.2) is 22.7 Å². The Morgan fingerprint density at radius 3 is 1.86 bits per heavy atom. The first-order valence-electron chi connectivity index (χ1n) is 8.33. The summed E-state index contributed by atoms with van der Waals surface area (Å²) in [7, 11) is 7.03. The molecule has 0 fully saturated rings. The fraction of sp³-hybridized carbons (Fsp3) is 0.300. The second-order valence-electron chi connectivity index (χ2n) is 5.73. The number of aromatic hydroxyl groups is 1. The van der Waals surface area contributed by atoms with E-state index in [0.29, 0.717) is 10.2 Å². The maximum absolute atomic E-state index is 12.8. The summed E-state index contributed by atoms with van der Waals surface area (Å²) in [4.78, 5) is 25.5. The number of Topliss-reactive ketones (excluding diaryl/α,β-unsaturated/α-hetero) is 2. The Morgan fingerprint density at radius 2 is 1.34 bits per heavy atom. The van der Waals surface area contributed by atoms with Crippen LogP contribution in [0.5, 0.6) is 34.5 Å². The van der Waals surface area contributed by atoms with E-state index in [1.165, 1.54) is 53.7 Å². The number of phenols is 1. The van der Waals surface area contributed by atoms with Gasteiger partial charge in [0, 0.05) is 5.56 Å². The quantitative estimate of drug-likeness (QED) is 0.439. The second kappa shape index (κ2) is 9.51. The van der Waals surface area contributed by atoms with Gasteiger partial charge in [-0.1, -0.05) is 0 Å². The maximum Gasteiger partial charge on any atom is 0.204 e. The lowest BCUT2D eigenvalue weighted by atomic mass is 9.99. The van der Waals surface area contributed by atoms with E-state index in [1.807, 2.05) is 0 Å². The van der Waals surface area contributed by atoms with Crippen LogP contribution in [0.1, 0.15) is 27.1 Å². The van der Waals surface area contributed by atoms with E-state index in [-0.39, 0.29) is 34.1 Å². The lowest BCUT2D eigenvalue weighted by molar-refractivity contribution is 0.0891. The average molecular weight is 469 g/mol. The third-order valence-electron chi connectivity index (χ3n) is 4.21. The van der Waals surface area contributed by atoms with Crippen molar-refractivity contribution < 1.29 is 38.4 Å². The lowest BCUT2D eigenvalue weighted by Gasteiger charge is -2.16. The number of phenolic OH excluding ortho intramolecular Hbond substituents is 1. The molecule has 29 heavy (non-hydrogen) atoms. The molecule has 9 heteroatoms. The zero-order chi connectivity index (χ0) is 21.7. The van der Waals surface area contributed by atoms with E-state index in [2.05, 4.69) is 15.9 Å². The van der Waals surface area contributed by atoms with E-state index in [0.717, 1.165) is 0 Å². The number of carbonyl (C=O) groups excluding carboxylic acids is 2. The highest BCUT2D eigenvalue weighted by Crippen LogP contribution is 2.45. The number of ketones is 2. The Balaban J connectivity index is 2.42. The van der Waals surface area contributed by atoms with E-state index in [9.17, 15) is 14.7 Å². The highest BCUT2D eigenvalue weighted by atomic mass is 79.9. The minimum Gasteiger partial charge on any atom is -0.504 e. The van der Waals surface area contributed by atoms with Crippen molar-refractivity contribution in [2.24, 2.45) is 0 Å². The first kappa shape index (κ1) is 22.4. The number of benzene rings is 2. The van der Waals surface area contributed by atoms with Crippen LogP contribution >= 0.6 is 15.9 Å². The summed E-state index contributed by atoms with van der Waals surface area (Å²) in [6.07, 6.45) is -0.500. The molecule has 0 radical (unpaired) electrons. The van der Waals surface area contributed by atoms with Crippen molar-refractivity contribution in [3.05, 3.63) is 33.8 Å². The first-order valence-corrected chi connectivity index (χ1v) is 9.12. The predicted molar refractivity (Wildman–Crippen MR) is 108 cm³/mol. The lowest BCUT2D eigenvalue weighted by Crippen LogP contribution is -2.11. The Bertz CT molecular complexity index is 939. The van der Waals surface area contributed by atoms with Gasteiger partial charge in [0.15, 0.2) is 34.6 Å². The van der Waals surface area contributed by atoms with Crippen LogP contribution in [-0.2, 0) is 0 Å². The molecule has 0 unspecified atom stereocenters. The molecule has 8 nitrogen and oxygen atoms in total. The molecule has 0 amide bonds. The number of ether oxygens (including phenoxy) is 5. The van der Waals surface area contributed by atoms with Gasteiger partial charge in [0.25, 0.3) is 0 Å². The third-order valence-corrected chi connectivity index (χ3v) is 5.00. The van der Waals surface area contributed by atoms with Gasteiger partial charge in [0.2, 0.25) is 11.5 Å². The minimum absolute atomic E-state index is 0.0137. The standard InChI is InChI=1S/C20H21BrO8/c1-25-14-7-6-10(17(24)18(14)27-3)12(22)9-13(23)11-8-15(26-2)19(28-4)20(29-5)16(11)21/h6-8,24H,9H2,1-5H3. The maximum atomic E-state index is 12.8.